The maximum atomic E-state index is 8.93. The fourth-order valence-corrected chi connectivity index (χ4v) is 5.60. The molecule has 1 aliphatic heterocycles. The van der Waals surface area contributed by atoms with Crippen LogP contribution in [0.3, 0.4) is 0 Å². The SMILES string of the molecule is C/C(C#N)=C/C=C/c1ccc(N(c2ccccc2)c2ccc(C3CC(C)(C)N(C)C(C)(C)C3)cc2)cc1. The standard InChI is InChI=1S/C34H39N3/c1-26(25-35)11-10-12-27-15-19-31(20-16-27)37(30-13-8-7-9-14-30)32-21-17-28(18-22-32)29-23-33(2,3)36(6)34(4,5)24-29/h7-22,29H,23-24H2,1-6H3/b12-10+,26-11-. The van der Waals surface area contributed by atoms with Gasteiger partial charge in [0.05, 0.1) is 6.07 Å². The molecule has 4 rings (SSSR count). The Morgan fingerprint density at radius 2 is 1.35 bits per heavy atom. The number of para-hydroxylation sites is 1. The predicted octanol–water partition coefficient (Wildman–Crippen LogP) is 9.01. The van der Waals surface area contributed by atoms with Gasteiger partial charge in [-0.2, -0.15) is 5.26 Å². The van der Waals surface area contributed by atoms with Crippen LogP contribution in [0.2, 0.25) is 0 Å². The highest BCUT2D eigenvalue weighted by atomic mass is 15.2. The molecule has 1 aliphatic rings. The van der Waals surface area contributed by atoms with Crippen molar-refractivity contribution in [1.29, 1.82) is 5.26 Å². The van der Waals surface area contributed by atoms with E-state index in [9.17, 15) is 0 Å². The van der Waals surface area contributed by atoms with Crippen molar-refractivity contribution in [2.75, 3.05) is 11.9 Å². The average Bonchev–Trinajstić information content (AvgIpc) is 2.89. The van der Waals surface area contributed by atoms with E-state index in [1.54, 1.807) is 0 Å². The summed E-state index contributed by atoms with van der Waals surface area (Å²) in [7, 11) is 2.27. The maximum Gasteiger partial charge on any atom is 0.0944 e. The summed E-state index contributed by atoms with van der Waals surface area (Å²) in [6, 6.07) is 30.4. The van der Waals surface area contributed by atoms with Crippen molar-refractivity contribution in [1.82, 2.24) is 4.90 Å². The molecule has 1 saturated heterocycles. The molecule has 190 valence electrons. The number of hydrogen-bond donors (Lipinski definition) is 0. The van der Waals surface area contributed by atoms with E-state index in [2.05, 4.69) is 129 Å². The molecule has 0 spiro atoms. The third-order valence-electron chi connectivity index (χ3n) is 7.91. The monoisotopic (exact) mass is 489 g/mol. The van der Waals surface area contributed by atoms with E-state index in [1.165, 1.54) is 5.56 Å². The first kappa shape index (κ1) is 26.5. The van der Waals surface area contributed by atoms with Crippen LogP contribution in [-0.4, -0.2) is 23.0 Å². The lowest BCUT2D eigenvalue weighted by Gasteiger charge is -2.54. The zero-order valence-electron chi connectivity index (χ0n) is 23.1. The Morgan fingerprint density at radius 1 is 0.838 bits per heavy atom. The Hall–Kier alpha value is -3.61. The molecule has 0 N–H and O–H groups in total. The van der Waals surface area contributed by atoms with E-state index in [1.807, 2.05) is 25.2 Å². The molecule has 3 nitrogen and oxygen atoms in total. The van der Waals surface area contributed by atoms with Crippen LogP contribution in [0.25, 0.3) is 6.08 Å². The number of nitriles is 1. The van der Waals surface area contributed by atoms with Gasteiger partial charge in [0.1, 0.15) is 0 Å². The maximum absolute atomic E-state index is 8.93. The zero-order chi connectivity index (χ0) is 26.6. The van der Waals surface area contributed by atoms with Gasteiger partial charge in [-0.25, -0.2) is 0 Å². The molecule has 1 fully saturated rings. The number of nitrogens with zero attached hydrogens (tertiary/aromatic N) is 3. The molecule has 0 amide bonds. The van der Waals surface area contributed by atoms with Gasteiger partial charge in [-0.1, -0.05) is 54.6 Å². The highest BCUT2D eigenvalue weighted by Crippen LogP contribution is 2.45. The van der Waals surface area contributed by atoms with E-state index < -0.39 is 0 Å². The quantitative estimate of drug-likeness (QED) is 0.256. The van der Waals surface area contributed by atoms with E-state index >= 15 is 0 Å². The number of rotatable bonds is 6. The Kier molecular flexibility index (Phi) is 7.71. The molecule has 3 aromatic rings. The molecule has 37 heavy (non-hydrogen) atoms. The summed E-state index contributed by atoms with van der Waals surface area (Å²) < 4.78 is 0. The lowest BCUT2D eigenvalue weighted by molar-refractivity contribution is -0.0128. The van der Waals surface area contributed by atoms with Crippen LogP contribution < -0.4 is 4.90 Å². The summed E-state index contributed by atoms with van der Waals surface area (Å²) in [5.74, 6) is 0.546. The third kappa shape index (κ3) is 6.04. The highest BCUT2D eigenvalue weighted by molar-refractivity contribution is 5.77. The summed E-state index contributed by atoms with van der Waals surface area (Å²) in [5.41, 5.74) is 6.94. The largest absolute Gasteiger partial charge is 0.311 e. The third-order valence-corrected chi connectivity index (χ3v) is 7.91. The minimum atomic E-state index is 0.167. The number of benzene rings is 3. The second-order valence-electron chi connectivity index (χ2n) is 11.5. The average molecular weight is 490 g/mol. The fraction of sp³-hybridized carbons (Fsp3) is 0.324. The number of allylic oxidation sites excluding steroid dienone is 3. The second-order valence-corrected chi connectivity index (χ2v) is 11.5. The molecule has 0 radical (unpaired) electrons. The van der Waals surface area contributed by atoms with Crippen LogP contribution in [-0.2, 0) is 0 Å². The smallest absolute Gasteiger partial charge is 0.0944 e. The molecular weight excluding hydrogens is 450 g/mol. The van der Waals surface area contributed by atoms with Crippen molar-refractivity contribution < 1.29 is 0 Å². The van der Waals surface area contributed by atoms with Crippen molar-refractivity contribution in [3.8, 4) is 6.07 Å². The van der Waals surface area contributed by atoms with Crippen LogP contribution in [0.4, 0.5) is 17.1 Å². The minimum Gasteiger partial charge on any atom is -0.311 e. The van der Waals surface area contributed by atoms with Gasteiger partial charge < -0.3 is 4.90 Å². The van der Waals surface area contributed by atoms with Crippen molar-refractivity contribution in [3.63, 3.8) is 0 Å². The van der Waals surface area contributed by atoms with Crippen molar-refractivity contribution in [2.24, 2.45) is 0 Å². The van der Waals surface area contributed by atoms with Crippen LogP contribution in [0.1, 0.15) is 64.5 Å². The van der Waals surface area contributed by atoms with E-state index in [0.717, 1.165) is 35.5 Å². The Bertz CT molecular complexity index is 1270. The molecule has 1 heterocycles. The molecule has 0 aliphatic carbocycles. The van der Waals surface area contributed by atoms with Crippen molar-refractivity contribution in [2.45, 2.75) is 64.5 Å². The predicted molar refractivity (Wildman–Crippen MR) is 157 cm³/mol. The Labute approximate surface area is 223 Å². The summed E-state index contributed by atoms with van der Waals surface area (Å²) in [4.78, 5) is 4.85. The topological polar surface area (TPSA) is 30.3 Å². The first-order valence-electron chi connectivity index (χ1n) is 13.1. The van der Waals surface area contributed by atoms with Crippen LogP contribution in [0, 0.1) is 11.3 Å². The zero-order valence-corrected chi connectivity index (χ0v) is 23.1. The van der Waals surface area contributed by atoms with E-state index in [-0.39, 0.29) is 11.1 Å². The molecular formula is C34H39N3. The summed E-state index contributed by atoms with van der Waals surface area (Å²) in [5, 5.41) is 8.93. The molecule has 0 atom stereocenters. The Morgan fingerprint density at radius 3 is 1.89 bits per heavy atom. The molecule has 0 unspecified atom stereocenters. The summed E-state index contributed by atoms with van der Waals surface area (Å²) in [6.45, 7) is 11.3. The lowest BCUT2D eigenvalue weighted by atomic mass is 9.71. The van der Waals surface area contributed by atoms with E-state index in [0.29, 0.717) is 11.5 Å². The van der Waals surface area contributed by atoms with Gasteiger partial charge in [-0.05, 0) is 114 Å². The molecule has 0 bridgehead atoms. The first-order chi connectivity index (χ1) is 17.6. The van der Waals surface area contributed by atoms with Gasteiger partial charge in [0.15, 0.2) is 0 Å². The molecule has 3 heteroatoms. The van der Waals surface area contributed by atoms with Crippen LogP contribution in [0.5, 0.6) is 0 Å². The summed E-state index contributed by atoms with van der Waals surface area (Å²) in [6.07, 6.45) is 8.10. The fourth-order valence-electron chi connectivity index (χ4n) is 5.60. The van der Waals surface area contributed by atoms with Gasteiger partial charge in [0.25, 0.3) is 0 Å². The Balaban J connectivity index is 1.63. The second kappa shape index (κ2) is 10.8. The number of hydrogen-bond acceptors (Lipinski definition) is 3. The van der Waals surface area contributed by atoms with Crippen LogP contribution in [0.15, 0.2) is 96.6 Å². The first-order valence-corrected chi connectivity index (χ1v) is 13.1. The van der Waals surface area contributed by atoms with Gasteiger partial charge in [0.2, 0.25) is 0 Å². The minimum absolute atomic E-state index is 0.167. The van der Waals surface area contributed by atoms with Crippen LogP contribution >= 0.6 is 0 Å². The van der Waals surface area contributed by atoms with Crippen molar-refractivity contribution >= 4 is 23.1 Å². The normalized spacial score (nSPS) is 18.0. The molecule has 0 aromatic heterocycles. The lowest BCUT2D eigenvalue weighted by Crippen LogP contribution is -2.58. The van der Waals surface area contributed by atoms with Crippen molar-refractivity contribution in [3.05, 3.63) is 108 Å². The highest BCUT2D eigenvalue weighted by Gasteiger charge is 2.43. The van der Waals surface area contributed by atoms with Gasteiger partial charge in [-0.3, -0.25) is 4.90 Å². The molecule has 0 saturated carbocycles. The molecule has 3 aromatic carbocycles. The van der Waals surface area contributed by atoms with Gasteiger partial charge in [-0.15, -0.1) is 0 Å². The number of likely N-dealkylation sites (tertiary alicyclic amines) is 1. The number of piperidine rings is 1. The van der Waals surface area contributed by atoms with E-state index in [4.69, 9.17) is 5.26 Å². The summed E-state index contributed by atoms with van der Waals surface area (Å²) >= 11 is 0. The van der Waals surface area contributed by atoms with Gasteiger partial charge >= 0.3 is 0 Å². The van der Waals surface area contributed by atoms with Gasteiger partial charge in [0, 0.05) is 33.7 Å². The number of anilines is 3.